The summed E-state index contributed by atoms with van der Waals surface area (Å²) in [5, 5.41) is 3.74. The predicted octanol–water partition coefficient (Wildman–Crippen LogP) is 2.05. The van der Waals surface area contributed by atoms with Crippen LogP contribution in [-0.2, 0) is 16.6 Å². The average Bonchev–Trinajstić information content (AvgIpc) is 2.80. The highest BCUT2D eigenvalue weighted by Gasteiger charge is 2.28. The fraction of sp³-hybridized carbons (Fsp3) is 0.375. The van der Waals surface area contributed by atoms with Gasteiger partial charge in [-0.05, 0) is 25.1 Å². The van der Waals surface area contributed by atoms with E-state index in [1.165, 1.54) is 0 Å². The lowest BCUT2D eigenvalue weighted by molar-refractivity contribution is -0.120. The Morgan fingerprint density at radius 2 is 2.22 bits per heavy atom. The molecule has 0 atom stereocenters. The van der Waals surface area contributed by atoms with Gasteiger partial charge in [-0.3, -0.25) is 4.79 Å². The summed E-state index contributed by atoms with van der Waals surface area (Å²) in [7, 11) is 1.84. The zero-order chi connectivity index (χ0) is 16.6. The van der Waals surface area contributed by atoms with Crippen molar-refractivity contribution in [3.05, 3.63) is 28.4 Å². The number of hydrogen-bond acceptors (Lipinski definition) is 4. The molecule has 122 valence electrons. The van der Waals surface area contributed by atoms with Crippen molar-refractivity contribution in [2.75, 3.05) is 31.1 Å². The van der Waals surface area contributed by atoms with E-state index in [1.54, 1.807) is 6.92 Å². The highest BCUT2D eigenvalue weighted by molar-refractivity contribution is 9.10. The number of nitrogens with zero attached hydrogens (tertiary/aromatic N) is 2. The van der Waals surface area contributed by atoms with Gasteiger partial charge in [0.05, 0.1) is 24.4 Å². The van der Waals surface area contributed by atoms with Crippen molar-refractivity contribution in [3.8, 4) is 0 Å². The molecule has 0 bridgehead atoms. The van der Waals surface area contributed by atoms with Gasteiger partial charge in [0.15, 0.2) is 5.69 Å². The SMILES string of the molecule is CCOC(=O)c1c(N2CCNC(=O)C2)c2cc(Br)ccc2n1C. The first kappa shape index (κ1) is 15.9. The molecule has 3 rings (SSSR count). The number of halogens is 1. The Balaban J connectivity index is 2.22. The van der Waals surface area contributed by atoms with Crippen molar-refractivity contribution in [3.63, 3.8) is 0 Å². The first-order valence-corrected chi connectivity index (χ1v) is 8.29. The van der Waals surface area contributed by atoms with Crippen LogP contribution in [0, 0.1) is 0 Å². The summed E-state index contributed by atoms with van der Waals surface area (Å²) < 4.78 is 7.99. The van der Waals surface area contributed by atoms with Crippen LogP contribution in [0.5, 0.6) is 0 Å². The maximum absolute atomic E-state index is 12.5. The van der Waals surface area contributed by atoms with Crippen LogP contribution in [0.25, 0.3) is 10.9 Å². The van der Waals surface area contributed by atoms with Crippen LogP contribution in [0.3, 0.4) is 0 Å². The van der Waals surface area contributed by atoms with E-state index < -0.39 is 0 Å². The lowest BCUT2D eigenvalue weighted by Crippen LogP contribution is -2.48. The molecule has 7 heteroatoms. The molecule has 1 saturated heterocycles. The van der Waals surface area contributed by atoms with Crippen LogP contribution in [-0.4, -0.2) is 42.7 Å². The van der Waals surface area contributed by atoms with Gasteiger partial charge in [-0.2, -0.15) is 0 Å². The standard InChI is InChI=1S/C16H18BrN3O3/c1-3-23-16(22)15-14(20-7-6-18-13(21)9-20)11-8-10(17)4-5-12(11)19(15)2/h4-5,8H,3,6-7,9H2,1-2H3,(H,18,21). The van der Waals surface area contributed by atoms with Crippen LogP contribution >= 0.6 is 15.9 Å². The number of esters is 1. The van der Waals surface area contributed by atoms with E-state index in [1.807, 2.05) is 34.7 Å². The molecule has 1 aromatic carbocycles. The second-order valence-corrected chi connectivity index (χ2v) is 6.33. The third-order valence-electron chi connectivity index (χ3n) is 3.96. The Kier molecular flexibility index (Phi) is 4.30. The van der Waals surface area contributed by atoms with Crippen LogP contribution < -0.4 is 10.2 Å². The number of carbonyl (C=O) groups excluding carboxylic acids is 2. The highest BCUT2D eigenvalue weighted by Crippen LogP contribution is 2.36. The molecule has 2 aromatic rings. The first-order chi connectivity index (χ1) is 11.0. The molecule has 1 aromatic heterocycles. The normalized spacial score (nSPS) is 14.9. The molecule has 6 nitrogen and oxygen atoms in total. The summed E-state index contributed by atoms with van der Waals surface area (Å²) in [5.41, 5.74) is 2.17. The van der Waals surface area contributed by atoms with Gasteiger partial charge in [-0.1, -0.05) is 15.9 Å². The lowest BCUT2D eigenvalue weighted by Gasteiger charge is -2.29. The average molecular weight is 380 g/mol. The van der Waals surface area contributed by atoms with Gasteiger partial charge in [0.1, 0.15) is 0 Å². The topological polar surface area (TPSA) is 63.6 Å². The Morgan fingerprint density at radius 1 is 1.43 bits per heavy atom. The summed E-state index contributed by atoms with van der Waals surface area (Å²) in [6.07, 6.45) is 0. The molecule has 1 aliphatic heterocycles. The minimum atomic E-state index is -0.372. The van der Waals surface area contributed by atoms with Crippen molar-refractivity contribution < 1.29 is 14.3 Å². The number of benzene rings is 1. The minimum Gasteiger partial charge on any atom is -0.461 e. The Labute approximate surface area is 142 Å². The number of nitrogens with one attached hydrogen (secondary N) is 1. The van der Waals surface area contributed by atoms with Gasteiger partial charge in [-0.15, -0.1) is 0 Å². The number of piperazine rings is 1. The van der Waals surface area contributed by atoms with Crippen LogP contribution in [0.1, 0.15) is 17.4 Å². The lowest BCUT2D eigenvalue weighted by atomic mass is 10.2. The van der Waals surface area contributed by atoms with E-state index in [0.29, 0.717) is 25.4 Å². The molecule has 2 heterocycles. The van der Waals surface area contributed by atoms with Gasteiger partial charge in [0.25, 0.3) is 0 Å². The Bertz CT molecular complexity index is 784. The number of rotatable bonds is 3. The summed E-state index contributed by atoms with van der Waals surface area (Å²) in [6, 6.07) is 5.86. The number of carbonyl (C=O) groups is 2. The molecule has 1 amide bonds. The smallest absolute Gasteiger partial charge is 0.357 e. The fourth-order valence-corrected chi connectivity index (χ4v) is 3.34. The monoisotopic (exact) mass is 379 g/mol. The Hall–Kier alpha value is -2.02. The fourth-order valence-electron chi connectivity index (χ4n) is 2.98. The van der Waals surface area contributed by atoms with Crippen LogP contribution in [0.15, 0.2) is 22.7 Å². The third kappa shape index (κ3) is 2.81. The van der Waals surface area contributed by atoms with E-state index >= 15 is 0 Å². The van der Waals surface area contributed by atoms with Crippen molar-refractivity contribution in [2.24, 2.45) is 7.05 Å². The van der Waals surface area contributed by atoms with Gasteiger partial charge >= 0.3 is 5.97 Å². The number of aryl methyl sites for hydroxylation is 1. The summed E-state index contributed by atoms with van der Waals surface area (Å²) in [4.78, 5) is 26.2. The zero-order valence-corrected chi connectivity index (χ0v) is 14.6. The summed E-state index contributed by atoms with van der Waals surface area (Å²) in [6.45, 7) is 3.54. The maximum atomic E-state index is 12.5. The van der Waals surface area contributed by atoms with Crippen molar-refractivity contribution in [1.29, 1.82) is 0 Å². The summed E-state index contributed by atoms with van der Waals surface area (Å²) in [5.74, 6) is -0.415. The van der Waals surface area contributed by atoms with Gasteiger partial charge in [0, 0.05) is 30.0 Å². The molecule has 1 fully saturated rings. The molecule has 1 N–H and O–H groups in total. The quantitative estimate of drug-likeness (QED) is 0.828. The van der Waals surface area contributed by atoms with Crippen LogP contribution in [0.2, 0.25) is 0 Å². The number of fused-ring (bicyclic) bond motifs is 1. The number of aromatic nitrogens is 1. The molecule has 23 heavy (non-hydrogen) atoms. The van der Waals surface area contributed by atoms with Gasteiger partial charge < -0.3 is 19.5 Å². The van der Waals surface area contributed by atoms with E-state index in [9.17, 15) is 9.59 Å². The largest absolute Gasteiger partial charge is 0.461 e. The number of amides is 1. The minimum absolute atomic E-state index is 0.0435. The summed E-state index contributed by atoms with van der Waals surface area (Å²) >= 11 is 3.48. The van der Waals surface area contributed by atoms with E-state index in [2.05, 4.69) is 21.2 Å². The molecule has 0 aliphatic carbocycles. The van der Waals surface area contributed by atoms with E-state index in [0.717, 1.165) is 21.1 Å². The predicted molar refractivity (Wildman–Crippen MR) is 91.8 cm³/mol. The van der Waals surface area contributed by atoms with Gasteiger partial charge in [0.2, 0.25) is 5.91 Å². The third-order valence-corrected chi connectivity index (χ3v) is 4.45. The maximum Gasteiger partial charge on any atom is 0.357 e. The Morgan fingerprint density at radius 3 is 2.91 bits per heavy atom. The van der Waals surface area contributed by atoms with Crippen molar-refractivity contribution in [2.45, 2.75) is 6.92 Å². The molecule has 1 aliphatic rings. The van der Waals surface area contributed by atoms with Crippen LogP contribution in [0.4, 0.5) is 5.69 Å². The van der Waals surface area contributed by atoms with Crippen molar-refractivity contribution in [1.82, 2.24) is 9.88 Å². The second-order valence-electron chi connectivity index (χ2n) is 5.41. The second kappa shape index (κ2) is 6.23. The molecule has 0 unspecified atom stereocenters. The molecular weight excluding hydrogens is 362 g/mol. The van der Waals surface area contributed by atoms with Crippen molar-refractivity contribution >= 4 is 44.4 Å². The van der Waals surface area contributed by atoms with E-state index in [-0.39, 0.29) is 18.4 Å². The van der Waals surface area contributed by atoms with Gasteiger partial charge in [-0.25, -0.2) is 4.79 Å². The van der Waals surface area contributed by atoms with E-state index in [4.69, 9.17) is 4.74 Å². The first-order valence-electron chi connectivity index (χ1n) is 7.49. The molecular formula is C16H18BrN3O3. The highest BCUT2D eigenvalue weighted by atomic mass is 79.9. The number of hydrogen-bond donors (Lipinski definition) is 1. The molecule has 0 spiro atoms. The number of ether oxygens (including phenoxy) is 1. The number of anilines is 1. The molecule has 0 radical (unpaired) electrons. The zero-order valence-electron chi connectivity index (χ0n) is 13.1. The molecule has 0 saturated carbocycles.